The van der Waals surface area contributed by atoms with Gasteiger partial charge in [0.25, 0.3) is 0 Å². The van der Waals surface area contributed by atoms with Gasteiger partial charge in [0.2, 0.25) is 5.91 Å². The van der Waals surface area contributed by atoms with Gasteiger partial charge in [0.15, 0.2) is 0 Å². The fourth-order valence-electron chi connectivity index (χ4n) is 11.8. The average molecular weight is 1140 g/mol. The molecule has 0 aromatic carbocycles. The van der Waals surface area contributed by atoms with Crippen molar-refractivity contribution in [3.63, 3.8) is 0 Å². The molecule has 81 heavy (non-hydrogen) atoms. The standard InChI is InChI=1S/C75H145NO5/c1-3-5-7-9-11-13-15-17-19-21-23-24-28-32-35-39-43-47-51-55-59-63-67-73(78)72(71-77)76-74(79)68-64-60-56-52-48-44-40-36-33-29-26-25-27-30-34-38-42-46-50-54-58-62-66-70-81-75(80)69-65-61-57-53-49-45-41-37-31-22-20-18-16-14-12-10-8-6-4-2/h18,20,63,67,72-73,77-78H,3-17,19,21-62,64-66,68-71H2,1-2H3,(H,76,79)/b20-18-,67-63+. The quantitative estimate of drug-likeness (QED) is 0.0320. The van der Waals surface area contributed by atoms with E-state index in [0.29, 0.717) is 19.4 Å². The zero-order chi connectivity index (χ0) is 58.5. The number of aliphatic hydroxyl groups is 2. The summed E-state index contributed by atoms with van der Waals surface area (Å²) in [4.78, 5) is 24.7. The van der Waals surface area contributed by atoms with Crippen molar-refractivity contribution < 1.29 is 24.5 Å². The third-order valence-electron chi connectivity index (χ3n) is 17.5. The van der Waals surface area contributed by atoms with Crippen LogP contribution in [-0.4, -0.2) is 47.4 Å². The van der Waals surface area contributed by atoms with Gasteiger partial charge in [-0.1, -0.05) is 372 Å². The fourth-order valence-corrected chi connectivity index (χ4v) is 11.8. The Kier molecular flexibility index (Phi) is 69.4. The molecule has 3 N–H and O–H groups in total. The number of carbonyl (C=O) groups is 2. The molecule has 0 bridgehead atoms. The van der Waals surface area contributed by atoms with Gasteiger partial charge in [-0.25, -0.2) is 0 Å². The molecule has 6 nitrogen and oxygen atoms in total. The maximum Gasteiger partial charge on any atom is 0.305 e. The van der Waals surface area contributed by atoms with Crippen molar-refractivity contribution in [1.82, 2.24) is 5.32 Å². The summed E-state index contributed by atoms with van der Waals surface area (Å²) in [7, 11) is 0. The maximum absolute atomic E-state index is 12.5. The first-order valence-corrected chi connectivity index (χ1v) is 37.1. The highest BCUT2D eigenvalue weighted by Crippen LogP contribution is 2.19. The monoisotopic (exact) mass is 1140 g/mol. The first-order valence-electron chi connectivity index (χ1n) is 37.1. The van der Waals surface area contributed by atoms with E-state index in [2.05, 4.69) is 31.3 Å². The van der Waals surface area contributed by atoms with Crippen LogP contribution in [0.1, 0.15) is 418 Å². The van der Waals surface area contributed by atoms with Gasteiger partial charge in [0.05, 0.1) is 25.4 Å². The van der Waals surface area contributed by atoms with Crippen LogP contribution in [0.25, 0.3) is 0 Å². The molecule has 2 unspecified atom stereocenters. The topological polar surface area (TPSA) is 95.9 Å². The van der Waals surface area contributed by atoms with Crippen LogP contribution in [0.3, 0.4) is 0 Å². The number of hydrogen-bond donors (Lipinski definition) is 3. The summed E-state index contributed by atoms with van der Waals surface area (Å²) >= 11 is 0. The molecular weight excluding hydrogens is 995 g/mol. The first kappa shape index (κ1) is 79.3. The smallest absolute Gasteiger partial charge is 0.305 e. The molecule has 480 valence electrons. The zero-order valence-electron chi connectivity index (χ0n) is 55.0. The number of unbranched alkanes of at least 4 members (excludes halogenated alkanes) is 57. The number of aliphatic hydroxyl groups excluding tert-OH is 2. The SMILES string of the molecule is CCCCCCCC/C=C\CCCCCCCCCCCC(=O)OCCCCCCCCCCCCCCCCCCCCCCCCCC(=O)NC(CO)C(O)/C=C/CCCCCCCCCCCCCCCCCCCCCC. The van der Waals surface area contributed by atoms with Crippen molar-refractivity contribution in [1.29, 1.82) is 0 Å². The summed E-state index contributed by atoms with van der Waals surface area (Å²) in [5.41, 5.74) is 0. The number of hydrogen-bond acceptors (Lipinski definition) is 5. The van der Waals surface area contributed by atoms with E-state index in [1.807, 2.05) is 6.08 Å². The lowest BCUT2D eigenvalue weighted by molar-refractivity contribution is -0.143. The Morgan fingerprint density at radius 2 is 0.580 bits per heavy atom. The number of esters is 1. The molecular formula is C75H145NO5. The normalized spacial score (nSPS) is 12.6. The molecule has 0 heterocycles. The van der Waals surface area contributed by atoms with Gasteiger partial charge in [-0.05, 0) is 57.8 Å². The Bertz CT molecular complexity index is 1270. The van der Waals surface area contributed by atoms with Crippen LogP contribution in [0.2, 0.25) is 0 Å². The molecule has 0 aliphatic rings. The summed E-state index contributed by atoms with van der Waals surface area (Å²) in [5, 5.41) is 23.3. The van der Waals surface area contributed by atoms with E-state index in [4.69, 9.17) is 4.74 Å². The summed E-state index contributed by atoms with van der Waals surface area (Å²) in [6, 6.07) is -0.629. The van der Waals surface area contributed by atoms with Crippen LogP contribution >= 0.6 is 0 Å². The molecule has 0 rings (SSSR count). The summed E-state index contributed by atoms with van der Waals surface area (Å²) in [6.45, 7) is 4.94. The van der Waals surface area contributed by atoms with Crippen LogP contribution in [0, 0.1) is 0 Å². The van der Waals surface area contributed by atoms with E-state index in [-0.39, 0.29) is 18.5 Å². The van der Waals surface area contributed by atoms with Crippen LogP contribution in [-0.2, 0) is 14.3 Å². The Morgan fingerprint density at radius 3 is 0.877 bits per heavy atom. The number of ether oxygens (including phenoxy) is 1. The molecule has 1 amide bonds. The van der Waals surface area contributed by atoms with Crippen LogP contribution in [0.4, 0.5) is 0 Å². The van der Waals surface area contributed by atoms with E-state index in [1.165, 1.54) is 347 Å². The predicted molar refractivity (Wildman–Crippen MR) is 356 cm³/mol. The lowest BCUT2D eigenvalue weighted by Gasteiger charge is -2.20. The molecule has 0 aliphatic heterocycles. The van der Waals surface area contributed by atoms with Gasteiger partial charge in [0, 0.05) is 12.8 Å². The molecule has 0 fully saturated rings. The first-order chi connectivity index (χ1) is 40.0. The van der Waals surface area contributed by atoms with Crippen molar-refractivity contribution in [2.45, 2.75) is 431 Å². The number of rotatable bonds is 70. The van der Waals surface area contributed by atoms with Gasteiger partial charge in [-0.15, -0.1) is 0 Å². The average Bonchev–Trinajstić information content (AvgIpc) is 3.47. The minimum absolute atomic E-state index is 0.0146. The van der Waals surface area contributed by atoms with Gasteiger partial charge >= 0.3 is 5.97 Å². The molecule has 2 atom stereocenters. The third kappa shape index (κ3) is 67.3. The largest absolute Gasteiger partial charge is 0.466 e. The van der Waals surface area contributed by atoms with Crippen molar-refractivity contribution in [2.24, 2.45) is 0 Å². The lowest BCUT2D eigenvalue weighted by atomic mass is 10.0. The predicted octanol–water partition coefficient (Wildman–Crippen LogP) is 24.1. The Morgan fingerprint density at radius 1 is 0.333 bits per heavy atom. The van der Waals surface area contributed by atoms with E-state index >= 15 is 0 Å². The minimum atomic E-state index is -0.845. The van der Waals surface area contributed by atoms with Crippen molar-refractivity contribution in [2.75, 3.05) is 13.2 Å². The van der Waals surface area contributed by atoms with E-state index < -0.39 is 12.1 Å². The van der Waals surface area contributed by atoms with Gasteiger partial charge < -0.3 is 20.3 Å². The number of nitrogens with one attached hydrogen (secondary N) is 1. The highest BCUT2D eigenvalue weighted by molar-refractivity contribution is 5.76. The molecule has 0 aromatic rings. The number of allylic oxidation sites excluding steroid dienone is 3. The highest BCUT2D eigenvalue weighted by Gasteiger charge is 2.18. The molecule has 0 saturated carbocycles. The van der Waals surface area contributed by atoms with E-state index in [9.17, 15) is 19.8 Å². The van der Waals surface area contributed by atoms with Crippen molar-refractivity contribution in [3.05, 3.63) is 24.3 Å². The van der Waals surface area contributed by atoms with Gasteiger partial charge in [0.1, 0.15) is 0 Å². The molecule has 0 radical (unpaired) electrons. The Balaban J connectivity index is 3.38. The Hall–Kier alpha value is -1.66. The second-order valence-corrected chi connectivity index (χ2v) is 25.6. The van der Waals surface area contributed by atoms with E-state index in [1.54, 1.807) is 6.08 Å². The summed E-state index contributed by atoms with van der Waals surface area (Å²) in [5.74, 6) is -0.0483. The second-order valence-electron chi connectivity index (χ2n) is 25.6. The number of carbonyl (C=O) groups excluding carboxylic acids is 2. The zero-order valence-corrected chi connectivity index (χ0v) is 55.0. The fraction of sp³-hybridized carbons (Fsp3) is 0.920. The summed E-state index contributed by atoms with van der Waals surface area (Å²) in [6.07, 6.45) is 89.8. The van der Waals surface area contributed by atoms with Crippen LogP contribution in [0.15, 0.2) is 24.3 Å². The van der Waals surface area contributed by atoms with Crippen LogP contribution in [0.5, 0.6) is 0 Å². The molecule has 0 aromatic heterocycles. The van der Waals surface area contributed by atoms with Crippen molar-refractivity contribution in [3.8, 4) is 0 Å². The molecule has 0 aliphatic carbocycles. The van der Waals surface area contributed by atoms with Gasteiger partial charge in [-0.2, -0.15) is 0 Å². The third-order valence-corrected chi connectivity index (χ3v) is 17.5. The molecule has 6 heteroatoms. The molecule has 0 spiro atoms. The second kappa shape index (κ2) is 70.8. The minimum Gasteiger partial charge on any atom is -0.466 e. The molecule has 0 saturated heterocycles. The highest BCUT2D eigenvalue weighted by atomic mass is 16.5. The summed E-state index contributed by atoms with van der Waals surface area (Å²) < 4.78 is 5.51. The van der Waals surface area contributed by atoms with E-state index in [0.717, 1.165) is 44.9 Å². The van der Waals surface area contributed by atoms with Gasteiger partial charge in [-0.3, -0.25) is 9.59 Å². The number of amides is 1. The Labute approximate surface area is 507 Å². The van der Waals surface area contributed by atoms with Crippen molar-refractivity contribution >= 4 is 11.9 Å². The lowest BCUT2D eigenvalue weighted by Crippen LogP contribution is -2.45. The maximum atomic E-state index is 12.5. The van der Waals surface area contributed by atoms with Crippen LogP contribution < -0.4 is 5.32 Å².